The summed E-state index contributed by atoms with van der Waals surface area (Å²) in [7, 11) is 1.62. The third-order valence-corrected chi connectivity index (χ3v) is 3.40. The van der Waals surface area contributed by atoms with E-state index in [0.717, 1.165) is 36.0 Å². The number of ether oxygens (including phenoxy) is 1. The van der Waals surface area contributed by atoms with Gasteiger partial charge in [0.2, 0.25) is 0 Å². The lowest BCUT2D eigenvalue weighted by Gasteiger charge is -2.06. The van der Waals surface area contributed by atoms with Crippen molar-refractivity contribution < 1.29 is 9.53 Å². The quantitative estimate of drug-likeness (QED) is 0.668. The normalized spacial score (nSPS) is 10.8. The number of methoxy groups -OCH3 is 1. The molecule has 0 spiro atoms. The lowest BCUT2D eigenvalue weighted by atomic mass is 10.2. The summed E-state index contributed by atoms with van der Waals surface area (Å²) in [4.78, 5) is 15.2. The van der Waals surface area contributed by atoms with Crippen molar-refractivity contribution in [3.05, 3.63) is 48.7 Å². The van der Waals surface area contributed by atoms with Gasteiger partial charge in [-0.3, -0.25) is 4.79 Å². The highest BCUT2D eigenvalue weighted by atomic mass is 16.5. The molecule has 0 atom stereocenters. The van der Waals surface area contributed by atoms with Crippen LogP contribution in [0.2, 0.25) is 0 Å². The van der Waals surface area contributed by atoms with E-state index in [2.05, 4.69) is 9.55 Å². The monoisotopic (exact) mass is 269 g/mol. The Morgan fingerprint density at radius 3 is 2.95 bits per heavy atom. The topological polar surface area (TPSA) is 49.0 Å². The van der Waals surface area contributed by atoms with Gasteiger partial charge in [0.25, 0.3) is 0 Å². The van der Waals surface area contributed by atoms with Crippen LogP contribution in [0.4, 0.5) is 0 Å². The number of hydrogen-bond acceptors (Lipinski definition) is 3. The van der Waals surface area contributed by atoms with Crippen LogP contribution < -0.4 is 4.74 Å². The van der Waals surface area contributed by atoms with Gasteiger partial charge in [0.15, 0.2) is 6.29 Å². The number of rotatable bonds is 5. The fraction of sp³-hybridized carbons (Fsp3) is 0.200. The molecule has 0 N–H and O–H groups in total. The number of benzene rings is 1. The van der Waals surface area contributed by atoms with Gasteiger partial charge in [-0.25, -0.2) is 4.98 Å². The van der Waals surface area contributed by atoms with Crippen molar-refractivity contribution in [3.63, 3.8) is 0 Å². The fourth-order valence-electron chi connectivity index (χ4n) is 2.35. The highest BCUT2D eigenvalue weighted by Crippen LogP contribution is 2.25. The summed E-state index contributed by atoms with van der Waals surface area (Å²) >= 11 is 0. The molecule has 3 rings (SSSR count). The molecule has 3 aromatic rings. The van der Waals surface area contributed by atoms with Crippen molar-refractivity contribution in [1.29, 1.82) is 0 Å². The number of imidazole rings is 1. The lowest BCUT2D eigenvalue weighted by Crippen LogP contribution is -2.04. The number of carbonyl (C=O) groups excluding carboxylic acids is 1. The zero-order valence-corrected chi connectivity index (χ0v) is 11.2. The van der Waals surface area contributed by atoms with Crippen LogP contribution in [0.15, 0.2) is 43.1 Å². The molecular weight excluding hydrogens is 254 g/mol. The Bertz CT molecular complexity index is 729. The van der Waals surface area contributed by atoms with Gasteiger partial charge < -0.3 is 13.9 Å². The van der Waals surface area contributed by atoms with E-state index in [0.29, 0.717) is 5.56 Å². The zero-order valence-electron chi connectivity index (χ0n) is 11.2. The molecule has 0 amide bonds. The molecule has 5 nitrogen and oxygen atoms in total. The summed E-state index contributed by atoms with van der Waals surface area (Å²) in [5.41, 5.74) is 1.72. The van der Waals surface area contributed by atoms with Crippen molar-refractivity contribution in [2.45, 2.75) is 13.1 Å². The zero-order chi connectivity index (χ0) is 13.9. The molecule has 20 heavy (non-hydrogen) atoms. The first kappa shape index (κ1) is 12.5. The molecule has 0 fully saturated rings. The maximum atomic E-state index is 11.2. The van der Waals surface area contributed by atoms with Gasteiger partial charge in [-0.05, 0) is 18.2 Å². The number of aryl methyl sites for hydroxylation is 2. The van der Waals surface area contributed by atoms with E-state index in [1.165, 1.54) is 0 Å². The number of carbonyl (C=O) groups is 1. The van der Waals surface area contributed by atoms with Crippen LogP contribution in [0.25, 0.3) is 10.9 Å². The number of hydrogen-bond donors (Lipinski definition) is 0. The van der Waals surface area contributed by atoms with Gasteiger partial charge >= 0.3 is 0 Å². The van der Waals surface area contributed by atoms with Gasteiger partial charge in [0.1, 0.15) is 5.75 Å². The predicted molar refractivity (Wildman–Crippen MR) is 76.1 cm³/mol. The van der Waals surface area contributed by atoms with Crippen LogP contribution in [0.3, 0.4) is 0 Å². The largest absolute Gasteiger partial charge is 0.497 e. The molecule has 2 aromatic heterocycles. The molecule has 0 unspecified atom stereocenters. The van der Waals surface area contributed by atoms with E-state index in [1.807, 2.05) is 35.2 Å². The third-order valence-electron chi connectivity index (χ3n) is 3.40. The molecule has 0 aliphatic carbocycles. The molecule has 2 heterocycles. The van der Waals surface area contributed by atoms with Crippen LogP contribution >= 0.6 is 0 Å². The second-order valence-corrected chi connectivity index (χ2v) is 4.58. The average Bonchev–Trinajstić information content (AvgIpc) is 3.11. The van der Waals surface area contributed by atoms with Crippen molar-refractivity contribution in [3.8, 4) is 5.75 Å². The number of aldehydes is 1. The highest BCUT2D eigenvalue weighted by molar-refractivity contribution is 5.98. The standard InChI is InChI=1S/C15H15N3O2/c1-20-13-2-3-15-14(8-13)12(10-19)9-18(15)7-6-17-5-4-16-11-17/h2-5,8-11H,6-7H2,1H3. The Kier molecular flexibility index (Phi) is 3.25. The highest BCUT2D eigenvalue weighted by Gasteiger charge is 2.09. The number of aromatic nitrogens is 3. The maximum absolute atomic E-state index is 11.2. The van der Waals surface area contributed by atoms with E-state index in [-0.39, 0.29) is 0 Å². The molecule has 0 aliphatic heterocycles. The molecule has 0 radical (unpaired) electrons. The predicted octanol–water partition coefficient (Wildman–Crippen LogP) is 2.36. The first-order valence-corrected chi connectivity index (χ1v) is 6.39. The SMILES string of the molecule is COc1ccc2c(c1)c(C=O)cn2CCn1ccnc1. The van der Waals surface area contributed by atoms with E-state index in [4.69, 9.17) is 4.74 Å². The van der Waals surface area contributed by atoms with E-state index in [1.54, 1.807) is 19.6 Å². The van der Waals surface area contributed by atoms with Crippen molar-refractivity contribution in [1.82, 2.24) is 14.1 Å². The summed E-state index contributed by atoms with van der Waals surface area (Å²) in [5.74, 6) is 0.757. The number of nitrogens with zero attached hydrogens (tertiary/aromatic N) is 3. The van der Waals surface area contributed by atoms with Crippen LogP contribution in [0.5, 0.6) is 5.75 Å². The van der Waals surface area contributed by atoms with Gasteiger partial charge in [0.05, 0.1) is 13.4 Å². The Balaban J connectivity index is 1.96. The molecule has 5 heteroatoms. The van der Waals surface area contributed by atoms with Crippen LogP contribution in [-0.4, -0.2) is 27.5 Å². The summed E-state index contributed by atoms with van der Waals surface area (Å²) in [6.45, 7) is 1.60. The third kappa shape index (κ3) is 2.18. The summed E-state index contributed by atoms with van der Waals surface area (Å²) in [6, 6.07) is 5.78. The van der Waals surface area contributed by atoms with Crippen molar-refractivity contribution >= 4 is 17.2 Å². The minimum atomic E-state index is 0.685. The Morgan fingerprint density at radius 1 is 1.35 bits per heavy atom. The Hall–Kier alpha value is -2.56. The first-order valence-electron chi connectivity index (χ1n) is 6.39. The summed E-state index contributed by atoms with van der Waals surface area (Å²) in [5, 5.41) is 0.921. The molecule has 0 saturated carbocycles. The maximum Gasteiger partial charge on any atom is 0.152 e. The fourth-order valence-corrected chi connectivity index (χ4v) is 2.35. The van der Waals surface area contributed by atoms with Crippen molar-refractivity contribution in [2.24, 2.45) is 0 Å². The molecule has 0 saturated heterocycles. The van der Waals surface area contributed by atoms with E-state index >= 15 is 0 Å². The smallest absolute Gasteiger partial charge is 0.152 e. The molecule has 1 aromatic carbocycles. The van der Waals surface area contributed by atoms with E-state index in [9.17, 15) is 4.79 Å². The molecular formula is C15H15N3O2. The molecule has 0 bridgehead atoms. The van der Waals surface area contributed by atoms with Crippen LogP contribution in [-0.2, 0) is 13.1 Å². The first-order chi connectivity index (χ1) is 9.81. The van der Waals surface area contributed by atoms with Gasteiger partial charge in [-0.15, -0.1) is 0 Å². The minimum Gasteiger partial charge on any atom is -0.497 e. The Morgan fingerprint density at radius 2 is 2.25 bits per heavy atom. The average molecular weight is 269 g/mol. The minimum absolute atomic E-state index is 0.685. The van der Waals surface area contributed by atoms with Gasteiger partial charge in [-0.2, -0.15) is 0 Å². The summed E-state index contributed by atoms with van der Waals surface area (Å²) < 4.78 is 9.30. The second-order valence-electron chi connectivity index (χ2n) is 4.58. The molecule has 102 valence electrons. The van der Waals surface area contributed by atoms with Crippen LogP contribution in [0.1, 0.15) is 10.4 Å². The van der Waals surface area contributed by atoms with Gasteiger partial charge in [-0.1, -0.05) is 0 Å². The second kappa shape index (κ2) is 5.21. The Labute approximate surface area is 116 Å². The lowest BCUT2D eigenvalue weighted by molar-refractivity contribution is 0.112. The van der Waals surface area contributed by atoms with E-state index < -0.39 is 0 Å². The number of fused-ring (bicyclic) bond motifs is 1. The summed E-state index contributed by atoms with van der Waals surface area (Å²) in [6.07, 6.45) is 8.24. The molecule has 0 aliphatic rings. The van der Waals surface area contributed by atoms with Crippen molar-refractivity contribution in [2.75, 3.05) is 7.11 Å². The van der Waals surface area contributed by atoms with Crippen LogP contribution in [0, 0.1) is 0 Å². The van der Waals surface area contributed by atoms with Gasteiger partial charge in [0, 0.05) is 48.1 Å².